The van der Waals surface area contributed by atoms with Crippen LogP contribution in [0, 0.1) is 12.7 Å². The average molecular weight is 430 g/mol. The van der Waals surface area contributed by atoms with Gasteiger partial charge < -0.3 is 19.9 Å². The Labute approximate surface area is 177 Å². The lowest BCUT2D eigenvalue weighted by Crippen LogP contribution is -2.42. The van der Waals surface area contributed by atoms with E-state index in [9.17, 15) is 14.0 Å². The molecule has 0 saturated carbocycles. The number of nitrogens with zero attached hydrogens (tertiary/aromatic N) is 1. The van der Waals surface area contributed by atoms with Gasteiger partial charge in [-0.25, -0.2) is 9.18 Å². The zero-order valence-electron chi connectivity index (χ0n) is 16.6. The third-order valence-electron chi connectivity index (χ3n) is 5.35. The first-order chi connectivity index (χ1) is 14.4. The minimum atomic E-state index is -0.402. The maximum Gasteiger partial charge on any atom is 0.322 e. The molecule has 8 heteroatoms. The van der Waals surface area contributed by atoms with Crippen molar-refractivity contribution in [2.45, 2.75) is 26.5 Å². The van der Waals surface area contributed by atoms with E-state index in [0.29, 0.717) is 40.5 Å². The van der Waals surface area contributed by atoms with E-state index in [0.717, 1.165) is 10.9 Å². The molecule has 2 amide bonds. The molecule has 0 bridgehead atoms. The van der Waals surface area contributed by atoms with Crippen LogP contribution in [0.1, 0.15) is 29.8 Å². The average Bonchev–Trinajstić information content (AvgIpc) is 2.71. The first-order valence-corrected chi connectivity index (χ1v) is 10.0. The molecular formula is C22H21ClFN3O3. The number of hydrogen-bond acceptors (Lipinski definition) is 3. The van der Waals surface area contributed by atoms with Crippen molar-refractivity contribution in [3.8, 4) is 0 Å². The molecule has 0 unspecified atom stereocenters. The van der Waals surface area contributed by atoms with Crippen LogP contribution in [0.2, 0.25) is 5.02 Å². The molecule has 0 spiro atoms. The quantitative estimate of drug-likeness (QED) is 0.630. The fraction of sp³-hybridized carbons (Fsp3) is 0.273. The Morgan fingerprint density at radius 2 is 2.10 bits per heavy atom. The van der Waals surface area contributed by atoms with Gasteiger partial charge in [0.25, 0.3) is 5.56 Å². The third kappa shape index (κ3) is 3.66. The van der Waals surface area contributed by atoms with Crippen molar-refractivity contribution >= 4 is 34.1 Å². The van der Waals surface area contributed by atoms with E-state index in [1.54, 1.807) is 36.1 Å². The molecule has 2 aromatic carbocycles. The number of anilines is 1. The lowest BCUT2D eigenvalue weighted by molar-refractivity contribution is 0.0471. The molecular weight excluding hydrogens is 409 g/mol. The van der Waals surface area contributed by atoms with Gasteiger partial charge in [0.2, 0.25) is 0 Å². The first-order valence-electron chi connectivity index (χ1n) is 9.65. The van der Waals surface area contributed by atoms with E-state index in [2.05, 4.69) is 10.3 Å². The number of fused-ring (bicyclic) bond motifs is 3. The number of aryl methyl sites for hydroxylation is 1. The third-order valence-corrected chi connectivity index (χ3v) is 5.58. The second-order valence-corrected chi connectivity index (χ2v) is 7.68. The smallest absolute Gasteiger partial charge is 0.322 e. The molecule has 1 atom stereocenters. The summed E-state index contributed by atoms with van der Waals surface area (Å²) in [6.07, 6.45) is 0. The molecule has 0 radical (unpaired) electrons. The number of aromatic nitrogens is 1. The molecule has 2 heterocycles. The zero-order chi connectivity index (χ0) is 21.4. The number of aromatic amines is 1. The molecule has 4 rings (SSSR count). The van der Waals surface area contributed by atoms with E-state index in [1.807, 2.05) is 6.92 Å². The summed E-state index contributed by atoms with van der Waals surface area (Å²) < 4.78 is 19.2. The molecule has 1 aliphatic rings. The monoisotopic (exact) mass is 429 g/mol. The second kappa shape index (κ2) is 8.08. The lowest BCUT2D eigenvalue weighted by atomic mass is 9.95. The SMILES string of the molecule is CCN(C(=O)Nc1ccc(F)c(C)c1)[C@H]1COCc2[nH]c(=O)c3cc(Cl)ccc3c21. The number of halogens is 2. The van der Waals surface area contributed by atoms with E-state index in [1.165, 1.54) is 12.1 Å². The van der Waals surface area contributed by atoms with Gasteiger partial charge >= 0.3 is 6.03 Å². The molecule has 3 aromatic rings. The van der Waals surface area contributed by atoms with Crippen LogP contribution in [0.3, 0.4) is 0 Å². The normalized spacial score (nSPS) is 15.7. The summed E-state index contributed by atoms with van der Waals surface area (Å²) in [6.45, 7) is 4.47. The molecule has 0 saturated heterocycles. The zero-order valence-corrected chi connectivity index (χ0v) is 17.3. The fourth-order valence-electron chi connectivity index (χ4n) is 3.89. The summed E-state index contributed by atoms with van der Waals surface area (Å²) >= 11 is 6.09. The summed E-state index contributed by atoms with van der Waals surface area (Å²) in [7, 11) is 0. The van der Waals surface area contributed by atoms with E-state index in [4.69, 9.17) is 16.3 Å². The number of likely N-dealkylation sites (N-methyl/N-ethyl adjacent to an activating group) is 1. The Balaban J connectivity index is 1.74. The van der Waals surface area contributed by atoms with Crippen molar-refractivity contribution < 1.29 is 13.9 Å². The summed E-state index contributed by atoms with van der Waals surface area (Å²) in [5.41, 5.74) is 2.20. The van der Waals surface area contributed by atoms with Gasteiger partial charge in [-0.3, -0.25) is 4.79 Å². The Hall–Kier alpha value is -2.90. The summed E-state index contributed by atoms with van der Waals surface area (Å²) in [4.78, 5) is 30.1. The van der Waals surface area contributed by atoms with E-state index < -0.39 is 6.04 Å². The molecule has 0 aliphatic carbocycles. The fourth-order valence-corrected chi connectivity index (χ4v) is 4.07. The number of ether oxygens (including phenoxy) is 1. The number of pyridine rings is 1. The number of hydrogen-bond donors (Lipinski definition) is 2. The molecule has 1 aliphatic heterocycles. The number of amides is 2. The predicted molar refractivity (Wildman–Crippen MR) is 115 cm³/mol. The Bertz CT molecular complexity index is 1190. The van der Waals surface area contributed by atoms with Crippen LogP contribution in [0.5, 0.6) is 0 Å². The van der Waals surface area contributed by atoms with E-state index in [-0.39, 0.29) is 24.0 Å². The largest absolute Gasteiger partial charge is 0.373 e. The van der Waals surface area contributed by atoms with Gasteiger partial charge in [-0.05, 0) is 55.1 Å². The predicted octanol–water partition coefficient (Wildman–Crippen LogP) is 4.75. The molecule has 156 valence electrons. The van der Waals surface area contributed by atoms with Crippen LogP contribution in [-0.2, 0) is 11.3 Å². The Morgan fingerprint density at radius 3 is 2.83 bits per heavy atom. The second-order valence-electron chi connectivity index (χ2n) is 7.25. The Kier molecular flexibility index (Phi) is 5.49. The highest BCUT2D eigenvalue weighted by molar-refractivity contribution is 6.31. The topological polar surface area (TPSA) is 74.4 Å². The number of rotatable bonds is 3. The number of carbonyl (C=O) groups excluding carboxylic acids is 1. The van der Waals surface area contributed by atoms with Crippen molar-refractivity contribution in [2.75, 3.05) is 18.5 Å². The van der Waals surface area contributed by atoms with Crippen LogP contribution in [0.4, 0.5) is 14.9 Å². The highest BCUT2D eigenvalue weighted by Gasteiger charge is 2.32. The van der Waals surface area contributed by atoms with Gasteiger partial charge in [0.1, 0.15) is 5.82 Å². The van der Waals surface area contributed by atoms with Gasteiger partial charge in [-0.1, -0.05) is 17.7 Å². The van der Waals surface area contributed by atoms with Crippen molar-refractivity contribution in [1.82, 2.24) is 9.88 Å². The molecule has 30 heavy (non-hydrogen) atoms. The van der Waals surface area contributed by atoms with Gasteiger partial charge in [0.15, 0.2) is 0 Å². The van der Waals surface area contributed by atoms with Gasteiger partial charge in [0.05, 0.1) is 19.3 Å². The standard InChI is InChI=1S/C22H21ClFN3O3/c1-3-27(22(29)25-14-5-7-17(24)12(2)8-14)19-11-30-10-18-20(19)15-6-4-13(23)9-16(15)21(28)26-18/h4-9,19H,3,10-11H2,1-2H3,(H,25,29)(H,26,28)/t19-/m0/s1. The number of nitrogens with one attached hydrogen (secondary N) is 2. The summed E-state index contributed by atoms with van der Waals surface area (Å²) in [5, 5.41) is 4.51. The van der Waals surface area contributed by atoms with Crippen molar-refractivity contribution in [2.24, 2.45) is 0 Å². The van der Waals surface area contributed by atoms with Crippen molar-refractivity contribution in [3.63, 3.8) is 0 Å². The van der Waals surface area contributed by atoms with Crippen LogP contribution in [-0.4, -0.2) is 29.1 Å². The lowest BCUT2D eigenvalue weighted by Gasteiger charge is -2.35. The highest BCUT2D eigenvalue weighted by Crippen LogP contribution is 2.34. The maximum atomic E-state index is 13.5. The van der Waals surface area contributed by atoms with Crippen LogP contribution in [0.15, 0.2) is 41.2 Å². The molecule has 6 nitrogen and oxygen atoms in total. The van der Waals surface area contributed by atoms with Crippen molar-refractivity contribution in [3.05, 3.63) is 74.4 Å². The maximum absolute atomic E-state index is 13.5. The first kappa shape index (κ1) is 20.4. The number of H-pyrrole nitrogens is 1. The summed E-state index contributed by atoms with van der Waals surface area (Å²) in [6, 6.07) is 8.85. The van der Waals surface area contributed by atoms with E-state index >= 15 is 0 Å². The van der Waals surface area contributed by atoms with Crippen LogP contribution < -0.4 is 10.9 Å². The highest BCUT2D eigenvalue weighted by atomic mass is 35.5. The minimum absolute atomic E-state index is 0.246. The van der Waals surface area contributed by atoms with Crippen LogP contribution >= 0.6 is 11.6 Å². The number of urea groups is 1. The van der Waals surface area contributed by atoms with Gasteiger partial charge in [-0.15, -0.1) is 0 Å². The van der Waals surface area contributed by atoms with Crippen molar-refractivity contribution in [1.29, 1.82) is 0 Å². The number of carbonyl (C=O) groups is 1. The van der Waals surface area contributed by atoms with Gasteiger partial charge in [-0.2, -0.15) is 0 Å². The minimum Gasteiger partial charge on any atom is -0.373 e. The molecule has 1 aromatic heterocycles. The van der Waals surface area contributed by atoms with Crippen LogP contribution in [0.25, 0.3) is 10.8 Å². The molecule has 2 N–H and O–H groups in total. The van der Waals surface area contributed by atoms with Gasteiger partial charge in [0, 0.05) is 33.9 Å². The Morgan fingerprint density at radius 1 is 1.30 bits per heavy atom. The summed E-state index contributed by atoms with van der Waals surface area (Å²) in [5.74, 6) is -0.330. The molecule has 0 fully saturated rings. The number of benzene rings is 2.